The molecule has 1 aliphatic rings. The summed E-state index contributed by atoms with van der Waals surface area (Å²) in [5.74, 6) is 0.253. The van der Waals surface area contributed by atoms with Gasteiger partial charge >= 0.3 is 0 Å². The molecule has 104 valence electrons. The van der Waals surface area contributed by atoms with Crippen LogP contribution in [0.2, 0.25) is 0 Å². The fourth-order valence-corrected chi connectivity index (χ4v) is 2.20. The number of carbonyl (C=O) groups excluding carboxylic acids is 1. The maximum absolute atomic E-state index is 11.9. The molecule has 1 amide bonds. The summed E-state index contributed by atoms with van der Waals surface area (Å²) in [6.45, 7) is 1.33. The first-order valence-electron chi connectivity index (χ1n) is 6.36. The van der Waals surface area contributed by atoms with Crippen LogP contribution < -0.4 is 5.32 Å². The van der Waals surface area contributed by atoms with Crippen molar-refractivity contribution in [2.45, 2.75) is 24.3 Å². The van der Waals surface area contributed by atoms with Crippen LogP contribution in [0.5, 0.6) is 0 Å². The Bertz CT molecular complexity index is 427. The monoisotopic (exact) mass is 283 g/mol. The average molecular weight is 284 g/mol. The van der Waals surface area contributed by atoms with E-state index in [0.29, 0.717) is 37.5 Å². The molecule has 0 bridgehead atoms. The Kier molecular flexibility index (Phi) is 4.80. The summed E-state index contributed by atoms with van der Waals surface area (Å²) >= 11 is 5.69. The molecule has 1 heterocycles. The van der Waals surface area contributed by atoms with Gasteiger partial charge in [0.15, 0.2) is 0 Å². The molecule has 0 aliphatic carbocycles. The summed E-state index contributed by atoms with van der Waals surface area (Å²) in [5.41, 5.74) is 0.704. The molecule has 1 aliphatic heterocycles. The van der Waals surface area contributed by atoms with E-state index in [4.69, 9.17) is 16.3 Å². The van der Waals surface area contributed by atoms with Crippen molar-refractivity contribution in [3.8, 4) is 0 Å². The van der Waals surface area contributed by atoms with Gasteiger partial charge in [0, 0.05) is 44.0 Å². The van der Waals surface area contributed by atoms with E-state index in [-0.39, 0.29) is 12.5 Å². The van der Waals surface area contributed by atoms with E-state index < -0.39 is 5.60 Å². The van der Waals surface area contributed by atoms with Gasteiger partial charge in [-0.15, -0.1) is 11.6 Å². The molecule has 0 unspecified atom stereocenters. The summed E-state index contributed by atoms with van der Waals surface area (Å²) in [6.07, 6.45) is 1.11. The van der Waals surface area contributed by atoms with E-state index in [9.17, 15) is 9.90 Å². The fraction of sp³-hybridized carbons (Fsp3) is 0.500. The van der Waals surface area contributed by atoms with Gasteiger partial charge in [-0.25, -0.2) is 0 Å². The molecular weight excluding hydrogens is 266 g/mol. The molecule has 0 radical (unpaired) electrons. The van der Waals surface area contributed by atoms with Gasteiger partial charge in [0.1, 0.15) is 0 Å². The van der Waals surface area contributed by atoms with Crippen molar-refractivity contribution in [2.24, 2.45) is 0 Å². The van der Waals surface area contributed by atoms with Crippen LogP contribution in [0.3, 0.4) is 0 Å². The molecule has 4 nitrogen and oxygen atoms in total. The van der Waals surface area contributed by atoms with Crippen LogP contribution in [0.4, 0.5) is 0 Å². The first-order chi connectivity index (χ1) is 9.13. The number of benzene rings is 1. The van der Waals surface area contributed by atoms with Gasteiger partial charge in [0.2, 0.25) is 0 Å². The maximum atomic E-state index is 11.9. The lowest BCUT2D eigenvalue weighted by molar-refractivity contribution is -0.0605. The SMILES string of the molecule is O=C(NCC1(O)CCOCC1)c1ccc(CCl)cc1. The van der Waals surface area contributed by atoms with Crippen LogP contribution in [-0.2, 0) is 10.6 Å². The lowest BCUT2D eigenvalue weighted by atomic mass is 9.94. The Labute approximate surface area is 117 Å². The highest BCUT2D eigenvalue weighted by Crippen LogP contribution is 2.19. The minimum atomic E-state index is -0.843. The van der Waals surface area contributed by atoms with Gasteiger partial charge in [-0.2, -0.15) is 0 Å². The first kappa shape index (κ1) is 14.3. The van der Waals surface area contributed by atoms with E-state index in [0.717, 1.165) is 5.56 Å². The second-order valence-electron chi connectivity index (χ2n) is 4.85. The van der Waals surface area contributed by atoms with E-state index in [1.54, 1.807) is 12.1 Å². The standard InChI is InChI=1S/C14H18ClNO3/c15-9-11-1-3-12(4-2-11)13(17)16-10-14(18)5-7-19-8-6-14/h1-4,18H,5-10H2,(H,16,17). The quantitative estimate of drug-likeness (QED) is 0.827. The summed E-state index contributed by atoms with van der Waals surface area (Å²) in [4.78, 5) is 11.9. The first-order valence-corrected chi connectivity index (χ1v) is 6.90. The number of hydrogen-bond donors (Lipinski definition) is 2. The zero-order chi connectivity index (χ0) is 13.7. The number of alkyl halides is 1. The van der Waals surface area contributed by atoms with Crippen molar-refractivity contribution in [2.75, 3.05) is 19.8 Å². The third-order valence-electron chi connectivity index (χ3n) is 3.37. The molecule has 1 aromatic rings. The van der Waals surface area contributed by atoms with E-state index in [1.807, 2.05) is 12.1 Å². The molecule has 1 saturated heterocycles. The predicted molar refractivity (Wildman–Crippen MR) is 73.3 cm³/mol. The lowest BCUT2D eigenvalue weighted by Gasteiger charge is -2.32. The smallest absolute Gasteiger partial charge is 0.251 e. The van der Waals surface area contributed by atoms with Gasteiger partial charge in [-0.3, -0.25) is 4.79 Å². The van der Waals surface area contributed by atoms with Gasteiger partial charge in [-0.05, 0) is 17.7 Å². The number of carbonyl (C=O) groups is 1. The van der Waals surface area contributed by atoms with E-state index in [1.165, 1.54) is 0 Å². The second kappa shape index (κ2) is 6.37. The number of nitrogens with one attached hydrogen (secondary N) is 1. The molecule has 0 spiro atoms. The topological polar surface area (TPSA) is 58.6 Å². The molecule has 0 atom stereocenters. The van der Waals surface area contributed by atoms with Gasteiger partial charge < -0.3 is 15.2 Å². The van der Waals surface area contributed by atoms with Crippen LogP contribution in [0.25, 0.3) is 0 Å². The summed E-state index contributed by atoms with van der Waals surface area (Å²) in [6, 6.07) is 7.12. The van der Waals surface area contributed by atoms with Crippen LogP contribution >= 0.6 is 11.6 Å². The van der Waals surface area contributed by atoms with Gasteiger partial charge in [-0.1, -0.05) is 12.1 Å². The van der Waals surface area contributed by atoms with Crippen molar-refractivity contribution in [3.05, 3.63) is 35.4 Å². The Morgan fingerprint density at radius 1 is 1.32 bits per heavy atom. The van der Waals surface area contributed by atoms with Gasteiger partial charge in [0.05, 0.1) is 5.60 Å². The normalized spacial score (nSPS) is 18.0. The largest absolute Gasteiger partial charge is 0.388 e. The summed E-state index contributed by atoms with van der Waals surface area (Å²) < 4.78 is 5.20. The number of ether oxygens (including phenoxy) is 1. The number of rotatable bonds is 4. The van der Waals surface area contributed by atoms with Crippen LogP contribution in [0.15, 0.2) is 24.3 Å². The summed E-state index contributed by atoms with van der Waals surface area (Å²) in [5, 5.41) is 13.0. The highest BCUT2D eigenvalue weighted by atomic mass is 35.5. The highest BCUT2D eigenvalue weighted by molar-refractivity contribution is 6.17. The van der Waals surface area contributed by atoms with Crippen molar-refractivity contribution in [1.82, 2.24) is 5.32 Å². The van der Waals surface area contributed by atoms with E-state index >= 15 is 0 Å². The van der Waals surface area contributed by atoms with Crippen LogP contribution in [0, 0.1) is 0 Å². The number of halogens is 1. The number of hydrogen-bond acceptors (Lipinski definition) is 3. The number of aliphatic hydroxyl groups is 1. The average Bonchev–Trinajstić information content (AvgIpc) is 2.46. The van der Waals surface area contributed by atoms with Crippen molar-refractivity contribution in [3.63, 3.8) is 0 Å². The van der Waals surface area contributed by atoms with Gasteiger partial charge in [0.25, 0.3) is 5.91 Å². The minimum Gasteiger partial charge on any atom is -0.388 e. The predicted octanol–water partition coefficient (Wildman–Crippen LogP) is 1.70. The molecular formula is C14H18ClNO3. The Balaban J connectivity index is 1.89. The van der Waals surface area contributed by atoms with Crippen molar-refractivity contribution in [1.29, 1.82) is 0 Å². The molecule has 5 heteroatoms. The molecule has 0 aromatic heterocycles. The van der Waals surface area contributed by atoms with Crippen molar-refractivity contribution >= 4 is 17.5 Å². The number of amides is 1. The minimum absolute atomic E-state index is 0.180. The van der Waals surface area contributed by atoms with E-state index in [2.05, 4.69) is 5.32 Å². The Morgan fingerprint density at radius 3 is 2.53 bits per heavy atom. The van der Waals surface area contributed by atoms with Crippen LogP contribution in [-0.4, -0.2) is 36.4 Å². The maximum Gasteiger partial charge on any atom is 0.251 e. The van der Waals surface area contributed by atoms with Crippen molar-refractivity contribution < 1.29 is 14.6 Å². The summed E-state index contributed by atoms with van der Waals surface area (Å²) in [7, 11) is 0. The molecule has 2 rings (SSSR count). The molecule has 2 N–H and O–H groups in total. The Hall–Kier alpha value is -1.10. The molecule has 1 aromatic carbocycles. The van der Waals surface area contributed by atoms with Crippen LogP contribution in [0.1, 0.15) is 28.8 Å². The Morgan fingerprint density at radius 2 is 1.95 bits per heavy atom. The highest BCUT2D eigenvalue weighted by Gasteiger charge is 2.30. The fourth-order valence-electron chi connectivity index (χ4n) is 2.02. The third kappa shape index (κ3) is 3.93. The zero-order valence-electron chi connectivity index (χ0n) is 10.7. The molecule has 1 fully saturated rings. The zero-order valence-corrected chi connectivity index (χ0v) is 11.4. The second-order valence-corrected chi connectivity index (χ2v) is 5.12. The lowest BCUT2D eigenvalue weighted by Crippen LogP contribution is -2.46. The third-order valence-corrected chi connectivity index (χ3v) is 3.68. The molecule has 0 saturated carbocycles. The molecule has 19 heavy (non-hydrogen) atoms.